The number of rotatable bonds is 0. The first kappa shape index (κ1) is 8.72. The number of aryl methyl sites for hydroxylation is 2. The maximum absolute atomic E-state index is 4.50. The molecule has 0 saturated heterocycles. The van der Waals surface area contributed by atoms with Crippen molar-refractivity contribution in [2.24, 2.45) is 0 Å². The highest BCUT2D eigenvalue weighted by Crippen LogP contribution is 2.29. The van der Waals surface area contributed by atoms with Gasteiger partial charge in [0, 0.05) is 23.8 Å². The van der Waals surface area contributed by atoms with Gasteiger partial charge in [-0.25, -0.2) is 0 Å². The number of nitrogens with zero attached hydrogens (tertiary/aromatic N) is 1. The minimum absolute atomic E-state index is 1.08. The molecule has 0 amide bonds. The lowest BCUT2D eigenvalue weighted by molar-refractivity contribution is 0.829. The predicted molar refractivity (Wildman–Crippen MR) is 63.3 cm³/mol. The molecule has 0 unspecified atom stereocenters. The van der Waals surface area contributed by atoms with Crippen molar-refractivity contribution in [2.75, 3.05) is 11.9 Å². The highest BCUT2D eigenvalue weighted by atomic mass is 14.9. The summed E-state index contributed by atoms with van der Waals surface area (Å²) in [5, 5.41) is 4.76. The van der Waals surface area contributed by atoms with Crippen LogP contribution in [0.2, 0.25) is 0 Å². The van der Waals surface area contributed by atoms with Crippen LogP contribution in [0.25, 0.3) is 10.9 Å². The molecule has 1 aromatic carbocycles. The van der Waals surface area contributed by atoms with Gasteiger partial charge in [-0.05, 0) is 37.5 Å². The molecule has 76 valence electrons. The van der Waals surface area contributed by atoms with E-state index in [1.165, 1.54) is 28.6 Å². The minimum Gasteiger partial charge on any atom is -0.384 e. The van der Waals surface area contributed by atoms with E-state index in [1.807, 2.05) is 6.20 Å². The number of fused-ring (bicyclic) bond motifs is 3. The van der Waals surface area contributed by atoms with Gasteiger partial charge in [0.05, 0.1) is 5.52 Å². The van der Waals surface area contributed by atoms with Crippen molar-refractivity contribution in [1.29, 1.82) is 0 Å². The second-order valence-electron chi connectivity index (χ2n) is 4.21. The lowest BCUT2D eigenvalue weighted by Crippen LogP contribution is -2.12. The summed E-state index contributed by atoms with van der Waals surface area (Å²) in [7, 11) is 0. The van der Waals surface area contributed by atoms with Crippen molar-refractivity contribution in [3.63, 3.8) is 0 Å². The second kappa shape index (κ2) is 3.23. The van der Waals surface area contributed by atoms with Crippen molar-refractivity contribution in [3.05, 3.63) is 35.5 Å². The fourth-order valence-electron chi connectivity index (χ4n) is 2.24. The first-order valence-corrected chi connectivity index (χ1v) is 5.47. The van der Waals surface area contributed by atoms with E-state index in [0.29, 0.717) is 0 Å². The van der Waals surface area contributed by atoms with Crippen molar-refractivity contribution >= 4 is 16.6 Å². The molecule has 0 spiro atoms. The maximum Gasteiger partial charge on any atom is 0.0723 e. The van der Waals surface area contributed by atoms with Crippen molar-refractivity contribution in [1.82, 2.24) is 4.98 Å². The van der Waals surface area contributed by atoms with Gasteiger partial charge >= 0.3 is 0 Å². The molecule has 1 aromatic heterocycles. The molecule has 0 fully saturated rings. The van der Waals surface area contributed by atoms with Crippen molar-refractivity contribution in [3.8, 4) is 0 Å². The number of aromatic nitrogens is 1. The normalized spacial score (nSPS) is 14.7. The third kappa shape index (κ3) is 1.37. The third-order valence-corrected chi connectivity index (χ3v) is 3.03. The molecule has 2 nitrogen and oxygen atoms in total. The van der Waals surface area contributed by atoms with E-state index >= 15 is 0 Å². The fraction of sp³-hybridized carbons (Fsp3) is 0.308. The molecule has 0 radical (unpaired) electrons. The van der Waals surface area contributed by atoms with E-state index in [1.54, 1.807) is 0 Å². The third-order valence-electron chi connectivity index (χ3n) is 3.03. The number of nitrogens with one attached hydrogen (secondary N) is 1. The van der Waals surface area contributed by atoms with Crippen LogP contribution in [0.1, 0.15) is 17.5 Å². The molecule has 15 heavy (non-hydrogen) atoms. The van der Waals surface area contributed by atoms with Crippen LogP contribution < -0.4 is 5.32 Å². The van der Waals surface area contributed by atoms with Gasteiger partial charge < -0.3 is 5.32 Å². The zero-order valence-corrected chi connectivity index (χ0v) is 8.88. The molecule has 1 N–H and O–H groups in total. The number of hydrogen-bond donors (Lipinski definition) is 1. The zero-order chi connectivity index (χ0) is 10.3. The monoisotopic (exact) mass is 198 g/mol. The van der Waals surface area contributed by atoms with Crippen LogP contribution in [0, 0.1) is 6.92 Å². The molecular formula is C13H14N2. The Kier molecular flexibility index (Phi) is 1.88. The van der Waals surface area contributed by atoms with Crippen LogP contribution in [0.5, 0.6) is 0 Å². The molecule has 0 aliphatic carbocycles. The lowest BCUT2D eigenvalue weighted by Gasteiger charge is -2.19. The Bertz CT molecular complexity index is 517. The highest BCUT2D eigenvalue weighted by Gasteiger charge is 2.12. The molecule has 1 aliphatic rings. The summed E-state index contributed by atoms with van der Waals surface area (Å²) < 4.78 is 0. The Balaban J connectivity index is 2.34. The van der Waals surface area contributed by atoms with Crippen LogP contribution in [-0.2, 0) is 6.42 Å². The minimum atomic E-state index is 1.08. The molecule has 2 heteroatoms. The molecule has 1 aliphatic heterocycles. The summed E-state index contributed by atoms with van der Waals surface area (Å²) in [6, 6.07) is 6.44. The van der Waals surface area contributed by atoms with Gasteiger partial charge in [0.15, 0.2) is 0 Å². The predicted octanol–water partition coefficient (Wildman–Crippen LogP) is 2.90. The summed E-state index contributed by atoms with van der Waals surface area (Å²) in [6.07, 6.45) is 4.38. The van der Waals surface area contributed by atoms with Gasteiger partial charge in [0.1, 0.15) is 0 Å². The van der Waals surface area contributed by atoms with E-state index < -0.39 is 0 Å². The van der Waals surface area contributed by atoms with E-state index in [-0.39, 0.29) is 0 Å². The van der Waals surface area contributed by atoms with Crippen molar-refractivity contribution in [2.45, 2.75) is 19.8 Å². The number of benzene rings is 1. The van der Waals surface area contributed by atoms with Gasteiger partial charge in [-0.3, -0.25) is 4.98 Å². The Labute approximate surface area is 89.3 Å². The Hall–Kier alpha value is -1.57. The van der Waals surface area contributed by atoms with Crippen LogP contribution in [0.3, 0.4) is 0 Å². The van der Waals surface area contributed by atoms with Crippen LogP contribution >= 0.6 is 0 Å². The first-order valence-electron chi connectivity index (χ1n) is 5.47. The number of hydrogen-bond acceptors (Lipinski definition) is 2. The van der Waals surface area contributed by atoms with Crippen LogP contribution in [0.4, 0.5) is 5.69 Å². The summed E-state index contributed by atoms with van der Waals surface area (Å²) >= 11 is 0. The number of pyridine rings is 1. The topological polar surface area (TPSA) is 24.9 Å². The average molecular weight is 198 g/mol. The van der Waals surface area contributed by atoms with E-state index in [9.17, 15) is 0 Å². The molecule has 2 aromatic rings. The average Bonchev–Trinajstić information content (AvgIpc) is 2.29. The molecule has 0 saturated carbocycles. The Morgan fingerprint density at radius 3 is 3.20 bits per heavy atom. The molecule has 0 bridgehead atoms. The Morgan fingerprint density at radius 1 is 1.33 bits per heavy atom. The van der Waals surface area contributed by atoms with Gasteiger partial charge in [0.25, 0.3) is 0 Å². The van der Waals surface area contributed by atoms with E-state index in [2.05, 4.69) is 35.4 Å². The molecular weight excluding hydrogens is 184 g/mol. The number of anilines is 1. The van der Waals surface area contributed by atoms with Crippen LogP contribution in [0.15, 0.2) is 24.4 Å². The second-order valence-corrected chi connectivity index (χ2v) is 4.21. The molecule has 2 heterocycles. The molecule has 3 rings (SSSR count). The largest absolute Gasteiger partial charge is 0.384 e. The summed E-state index contributed by atoms with van der Waals surface area (Å²) in [6.45, 7) is 3.21. The van der Waals surface area contributed by atoms with Gasteiger partial charge in [-0.2, -0.15) is 0 Å². The SMILES string of the molecule is Cc1ccc2ncc3c(c2c1)NCCC3. The zero-order valence-electron chi connectivity index (χ0n) is 8.88. The highest BCUT2D eigenvalue weighted by molar-refractivity contribution is 5.93. The molecule has 0 atom stereocenters. The van der Waals surface area contributed by atoms with Gasteiger partial charge in [-0.15, -0.1) is 0 Å². The maximum atomic E-state index is 4.50. The summed E-state index contributed by atoms with van der Waals surface area (Å²) in [5.74, 6) is 0. The standard InChI is InChI=1S/C13H14N2/c1-9-4-5-12-11(7-9)13-10(8-15-12)3-2-6-14-13/h4-5,7-8,14H,2-3,6H2,1H3. The fourth-order valence-corrected chi connectivity index (χ4v) is 2.24. The quantitative estimate of drug-likeness (QED) is 0.704. The summed E-state index contributed by atoms with van der Waals surface area (Å²) in [4.78, 5) is 4.50. The summed E-state index contributed by atoms with van der Waals surface area (Å²) in [5.41, 5.74) is 5.05. The van der Waals surface area contributed by atoms with Gasteiger partial charge in [-0.1, -0.05) is 11.6 Å². The van der Waals surface area contributed by atoms with Crippen molar-refractivity contribution < 1.29 is 0 Å². The lowest BCUT2D eigenvalue weighted by atomic mass is 10.0. The van der Waals surface area contributed by atoms with E-state index in [0.717, 1.165) is 18.5 Å². The van der Waals surface area contributed by atoms with Gasteiger partial charge in [0.2, 0.25) is 0 Å². The van der Waals surface area contributed by atoms with Crippen LogP contribution in [-0.4, -0.2) is 11.5 Å². The smallest absolute Gasteiger partial charge is 0.0723 e. The Morgan fingerprint density at radius 2 is 2.27 bits per heavy atom. The van der Waals surface area contributed by atoms with E-state index in [4.69, 9.17) is 0 Å². The first-order chi connectivity index (χ1) is 7.34.